The first-order chi connectivity index (χ1) is 13.0. The predicted octanol–water partition coefficient (Wildman–Crippen LogP) is 2.77. The van der Waals surface area contributed by atoms with Crippen LogP contribution in [0.5, 0.6) is 0 Å². The highest BCUT2D eigenvalue weighted by Gasteiger charge is 2.42. The fourth-order valence-electron chi connectivity index (χ4n) is 5.17. The van der Waals surface area contributed by atoms with Gasteiger partial charge in [0.25, 0.3) is 0 Å². The minimum atomic E-state index is -2.55. The molecule has 3 aliphatic rings. The van der Waals surface area contributed by atoms with Crippen molar-refractivity contribution in [2.75, 3.05) is 13.1 Å². The molecule has 0 bridgehead atoms. The molecule has 3 rings (SSSR count). The maximum Gasteiger partial charge on any atom is 0.308 e. The Morgan fingerprint density at radius 1 is 1.19 bits per heavy atom. The van der Waals surface area contributed by atoms with E-state index in [1.54, 1.807) is 0 Å². The maximum atomic E-state index is 13.5. The summed E-state index contributed by atoms with van der Waals surface area (Å²) >= 11 is 0. The quantitative estimate of drug-likeness (QED) is 0.484. The van der Waals surface area contributed by atoms with E-state index in [1.807, 2.05) is 0 Å². The number of hydrogen-bond donors (Lipinski definition) is 3. The number of hydrogen-bond acceptors (Lipinski definition) is 4. The van der Waals surface area contributed by atoms with Crippen molar-refractivity contribution < 1.29 is 18.0 Å². The third-order valence-corrected chi connectivity index (χ3v) is 6.72. The Morgan fingerprint density at radius 2 is 1.89 bits per heavy atom. The van der Waals surface area contributed by atoms with Crippen LogP contribution in [0.4, 0.5) is 13.2 Å². The van der Waals surface area contributed by atoms with E-state index in [2.05, 4.69) is 22.9 Å². The van der Waals surface area contributed by atoms with E-state index >= 15 is 0 Å². The second-order valence-corrected chi connectivity index (χ2v) is 8.25. The summed E-state index contributed by atoms with van der Waals surface area (Å²) in [5, 5.41) is 3.79. The van der Waals surface area contributed by atoms with E-state index in [-0.39, 0.29) is 30.3 Å². The Bertz CT molecular complexity index is 513. The van der Waals surface area contributed by atoms with E-state index in [0.717, 1.165) is 37.1 Å². The lowest BCUT2D eigenvalue weighted by Crippen LogP contribution is -2.47. The average molecular weight is 388 g/mol. The number of hydrazine groups is 2. The van der Waals surface area contributed by atoms with Gasteiger partial charge in [-0.25, -0.2) is 9.82 Å². The summed E-state index contributed by atoms with van der Waals surface area (Å²) in [5.74, 6) is 1.26. The molecule has 27 heavy (non-hydrogen) atoms. The Labute approximate surface area is 159 Å². The number of rotatable bonds is 6. The molecule has 8 heteroatoms. The third kappa shape index (κ3) is 5.23. The third-order valence-electron chi connectivity index (χ3n) is 6.72. The largest absolute Gasteiger partial charge is 0.352 e. The van der Waals surface area contributed by atoms with Crippen molar-refractivity contribution in [3.05, 3.63) is 12.7 Å². The summed E-state index contributed by atoms with van der Waals surface area (Å²) in [6.45, 7) is 1.69. The van der Waals surface area contributed by atoms with Crippen molar-refractivity contribution in [3.63, 3.8) is 0 Å². The first-order valence-corrected chi connectivity index (χ1v) is 10.1. The van der Waals surface area contributed by atoms with Gasteiger partial charge < -0.3 is 5.32 Å². The number of carbonyl (C=O) groups is 1. The molecule has 3 N–H and O–H groups in total. The predicted molar refractivity (Wildman–Crippen MR) is 97.2 cm³/mol. The topological polar surface area (TPSA) is 56.4 Å². The van der Waals surface area contributed by atoms with E-state index < -0.39 is 12.7 Å². The molecule has 2 saturated carbocycles. The fourth-order valence-corrected chi connectivity index (χ4v) is 5.17. The number of halogens is 3. The first kappa shape index (κ1) is 20.6. The average Bonchev–Trinajstić information content (AvgIpc) is 3.17. The van der Waals surface area contributed by atoms with E-state index in [0.29, 0.717) is 31.2 Å². The summed E-state index contributed by atoms with van der Waals surface area (Å²) in [6.07, 6.45) is 6.69. The van der Waals surface area contributed by atoms with Crippen LogP contribution >= 0.6 is 0 Å². The second-order valence-electron chi connectivity index (χ2n) is 8.25. The lowest BCUT2D eigenvalue weighted by Gasteiger charge is -2.43. The first-order valence-electron chi connectivity index (χ1n) is 10.1. The smallest absolute Gasteiger partial charge is 0.308 e. The van der Waals surface area contributed by atoms with E-state index in [9.17, 15) is 18.0 Å². The standard InChI is InChI=1S/C19H31F3N4O/c1-2-18(27)23-10-14-4-3-13(12-5-7-15(20)8-6-12)9-16(14)17-11-26(19(21)22)25-24-17/h2,12-17,19,24-25H,1,3-11H2,(H,23,27). The molecule has 0 aromatic rings. The molecule has 4 atom stereocenters. The van der Waals surface area contributed by atoms with Gasteiger partial charge in [-0.2, -0.15) is 19.3 Å². The molecule has 0 spiro atoms. The fraction of sp³-hybridized carbons (Fsp3) is 0.842. The molecule has 0 aromatic heterocycles. The van der Waals surface area contributed by atoms with Crippen molar-refractivity contribution in [1.82, 2.24) is 21.3 Å². The van der Waals surface area contributed by atoms with Crippen LogP contribution in [0.25, 0.3) is 0 Å². The lowest BCUT2D eigenvalue weighted by molar-refractivity contribution is -0.116. The van der Waals surface area contributed by atoms with Crippen molar-refractivity contribution in [3.8, 4) is 0 Å². The van der Waals surface area contributed by atoms with Crippen LogP contribution in [0.1, 0.15) is 44.9 Å². The highest BCUT2D eigenvalue weighted by molar-refractivity contribution is 5.86. The van der Waals surface area contributed by atoms with Crippen molar-refractivity contribution in [2.24, 2.45) is 23.7 Å². The van der Waals surface area contributed by atoms with E-state index in [1.165, 1.54) is 6.08 Å². The molecule has 0 aromatic carbocycles. The van der Waals surface area contributed by atoms with Gasteiger partial charge in [-0.15, -0.1) is 0 Å². The van der Waals surface area contributed by atoms with Crippen LogP contribution in [-0.2, 0) is 4.79 Å². The Morgan fingerprint density at radius 3 is 2.52 bits per heavy atom. The highest BCUT2D eigenvalue weighted by Crippen LogP contribution is 2.44. The van der Waals surface area contributed by atoms with Crippen LogP contribution in [0.2, 0.25) is 0 Å². The van der Waals surface area contributed by atoms with Gasteiger partial charge in [-0.05, 0) is 74.7 Å². The molecule has 154 valence electrons. The summed E-state index contributed by atoms with van der Waals surface area (Å²) in [4.78, 5) is 11.6. The Balaban J connectivity index is 1.64. The molecule has 2 aliphatic carbocycles. The molecule has 3 fully saturated rings. The normalized spacial score (nSPS) is 38.1. The van der Waals surface area contributed by atoms with Crippen LogP contribution in [0.3, 0.4) is 0 Å². The lowest BCUT2D eigenvalue weighted by atomic mass is 9.65. The van der Waals surface area contributed by atoms with Crippen molar-refractivity contribution in [1.29, 1.82) is 0 Å². The zero-order valence-electron chi connectivity index (χ0n) is 15.7. The molecular weight excluding hydrogens is 357 g/mol. The number of alkyl halides is 3. The molecule has 1 heterocycles. The molecule has 1 aliphatic heterocycles. The number of carbonyl (C=O) groups excluding carboxylic acids is 1. The second kappa shape index (κ2) is 9.39. The van der Waals surface area contributed by atoms with Gasteiger partial charge in [0.05, 0.1) is 0 Å². The number of nitrogens with zero attached hydrogens (tertiary/aromatic N) is 1. The van der Waals surface area contributed by atoms with Crippen LogP contribution < -0.4 is 16.3 Å². The molecule has 1 amide bonds. The molecule has 4 unspecified atom stereocenters. The highest BCUT2D eigenvalue weighted by atomic mass is 19.3. The minimum absolute atomic E-state index is 0.0926. The van der Waals surface area contributed by atoms with Crippen molar-refractivity contribution >= 4 is 5.91 Å². The van der Waals surface area contributed by atoms with Gasteiger partial charge >= 0.3 is 6.55 Å². The van der Waals surface area contributed by atoms with Crippen LogP contribution in [-0.4, -0.2) is 42.8 Å². The molecule has 1 saturated heterocycles. The van der Waals surface area contributed by atoms with E-state index in [4.69, 9.17) is 0 Å². The van der Waals surface area contributed by atoms with Crippen molar-refractivity contribution in [2.45, 2.75) is 63.7 Å². The maximum absolute atomic E-state index is 13.5. The Kier molecular flexibility index (Phi) is 7.16. The summed E-state index contributed by atoms with van der Waals surface area (Å²) in [5.41, 5.74) is 5.60. The van der Waals surface area contributed by atoms with Gasteiger partial charge in [-0.3, -0.25) is 4.79 Å². The van der Waals surface area contributed by atoms with Crippen LogP contribution in [0.15, 0.2) is 12.7 Å². The number of amides is 1. The van der Waals surface area contributed by atoms with Gasteiger partial charge in [0.2, 0.25) is 5.91 Å². The van der Waals surface area contributed by atoms with Gasteiger partial charge in [0, 0.05) is 19.1 Å². The summed E-state index contributed by atoms with van der Waals surface area (Å²) in [6, 6.07) is -0.0926. The number of nitrogens with one attached hydrogen (secondary N) is 3. The zero-order chi connectivity index (χ0) is 19.4. The monoisotopic (exact) mass is 388 g/mol. The summed E-state index contributed by atoms with van der Waals surface area (Å²) < 4.78 is 39.5. The van der Waals surface area contributed by atoms with Gasteiger partial charge in [0.15, 0.2) is 0 Å². The molecular formula is C19H31F3N4O. The SMILES string of the molecule is C=CC(=O)NCC1CCC(C2CCC(F)CC2)CC1C1CN(C(F)F)NN1. The van der Waals surface area contributed by atoms with Crippen LogP contribution in [0, 0.1) is 23.7 Å². The minimum Gasteiger partial charge on any atom is -0.352 e. The Hall–Kier alpha value is -1.12. The summed E-state index contributed by atoms with van der Waals surface area (Å²) in [7, 11) is 0. The molecule has 5 nitrogen and oxygen atoms in total. The molecule has 0 radical (unpaired) electrons. The van der Waals surface area contributed by atoms with Gasteiger partial charge in [-0.1, -0.05) is 6.58 Å². The zero-order valence-corrected chi connectivity index (χ0v) is 15.7. The van der Waals surface area contributed by atoms with Gasteiger partial charge in [0.1, 0.15) is 6.17 Å².